The molecule has 19 heavy (non-hydrogen) atoms. The fraction of sp³-hybridized carbons (Fsp3) is 0.462. The molecule has 6 heteroatoms. The number of methoxy groups -OCH3 is 2. The van der Waals surface area contributed by atoms with Gasteiger partial charge < -0.3 is 19.5 Å². The van der Waals surface area contributed by atoms with Crippen LogP contribution in [0.2, 0.25) is 5.02 Å². The van der Waals surface area contributed by atoms with Gasteiger partial charge in [-0.25, -0.2) is 0 Å². The molecule has 1 heterocycles. The molecule has 1 N–H and O–H groups in total. The monoisotopic (exact) mass is 285 g/mol. The number of amides is 1. The minimum atomic E-state index is -0.445. The molecular formula is C13H16ClNO4. The first-order chi connectivity index (χ1) is 9.06. The highest BCUT2D eigenvalue weighted by Gasteiger charge is 2.26. The summed E-state index contributed by atoms with van der Waals surface area (Å²) in [6, 6.07) is 3.15. The number of halogens is 1. The van der Waals surface area contributed by atoms with Crippen molar-refractivity contribution in [1.29, 1.82) is 0 Å². The second kappa shape index (κ2) is 5.67. The normalized spacial score (nSPS) is 18.5. The molecular weight excluding hydrogens is 270 g/mol. The zero-order chi connectivity index (χ0) is 14.0. The Bertz CT molecular complexity index is 492. The molecule has 0 spiro atoms. The number of aliphatic hydroxyl groups is 1. The smallest absolute Gasteiger partial charge is 0.254 e. The van der Waals surface area contributed by atoms with Crippen molar-refractivity contribution in [3.63, 3.8) is 0 Å². The molecule has 1 fully saturated rings. The van der Waals surface area contributed by atoms with Crippen molar-refractivity contribution < 1.29 is 19.4 Å². The fourth-order valence-corrected chi connectivity index (χ4v) is 2.44. The number of carbonyl (C=O) groups excluding carboxylic acids is 1. The Morgan fingerprint density at radius 1 is 1.42 bits per heavy atom. The lowest BCUT2D eigenvalue weighted by Gasteiger charge is -2.17. The number of likely N-dealkylation sites (tertiary alicyclic amines) is 1. The molecule has 0 aromatic heterocycles. The third-order valence-corrected chi connectivity index (χ3v) is 3.41. The molecule has 5 nitrogen and oxygen atoms in total. The van der Waals surface area contributed by atoms with Gasteiger partial charge in [-0.05, 0) is 18.6 Å². The van der Waals surface area contributed by atoms with Crippen molar-refractivity contribution in [2.24, 2.45) is 0 Å². The predicted octanol–water partition coefficient (Wildman–Crippen LogP) is 1.56. The van der Waals surface area contributed by atoms with Crippen molar-refractivity contribution in [2.75, 3.05) is 27.3 Å². The van der Waals surface area contributed by atoms with E-state index in [1.807, 2.05) is 0 Å². The van der Waals surface area contributed by atoms with Gasteiger partial charge in [-0.2, -0.15) is 0 Å². The van der Waals surface area contributed by atoms with E-state index in [0.717, 1.165) is 0 Å². The summed E-state index contributed by atoms with van der Waals surface area (Å²) in [6.45, 7) is 0.900. The minimum absolute atomic E-state index is 0.167. The second-order valence-corrected chi connectivity index (χ2v) is 4.79. The molecule has 1 amide bonds. The Morgan fingerprint density at radius 3 is 2.68 bits per heavy atom. The van der Waals surface area contributed by atoms with Gasteiger partial charge in [0, 0.05) is 18.7 Å². The summed E-state index contributed by atoms with van der Waals surface area (Å²) in [6.07, 6.45) is 0.159. The summed E-state index contributed by atoms with van der Waals surface area (Å²) < 4.78 is 10.3. The van der Waals surface area contributed by atoms with E-state index in [2.05, 4.69) is 0 Å². The molecule has 1 aliphatic heterocycles. The molecule has 1 aromatic carbocycles. The first kappa shape index (κ1) is 14.0. The lowest BCUT2D eigenvalue weighted by atomic mass is 10.1. The van der Waals surface area contributed by atoms with Gasteiger partial charge in [0.25, 0.3) is 5.91 Å². The predicted molar refractivity (Wildman–Crippen MR) is 71.1 cm³/mol. The van der Waals surface area contributed by atoms with E-state index >= 15 is 0 Å². The van der Waals surface area contributed by atoms with E-state index in [4.69, 9.17) is 21.1 Å². The first-order valence-corrected chi connectivity index (χ1v) is 6.33. The number of hydrogen-bond donors (Lipinski definition) is 1. The number of carbonyl (C=O) groups is 1. The molecule has 0 unspecified atom stereocenters. The third-order valence-electron chi connectivity index (χ3n) is 3.13. The van der Waals surface area contributed by atoms with Crippen LogP contribution in [-0.2, 0) is 0 Å². The van der Waals surface area contributed by atoms with Crippen LogP contribution < -0.4 is 9.47 Å². The Labute approximate surface area is 116 Å². The molecule has 1 aromatic rings. The molecule has 1 aliphatic rings. The molecule has 0 aliphatic carbocycles. The highest BCUT2D eigenvalue weighted by molar-refractivity contribution is 6.32. The Balaban J connectivity index is 2.30. The highest BCUT2D eigenvalue weighted by atomic mass is 35.5. The van der Waals surface area contributed by atoms with Crippen LogP contribution in [0, 0.1) is 0 Å². The van der Waals surface area contributed by atoms with Crippen molar-refractivity contribution in [3.05, 3.63) is 22.7 Å². The molecule has 104 valence electrons. The first-order valence-electron chi connectivity index (χ1n) is 5.95. The summed E-state index contributed by atoms with van der Waals surface area (Å²) in [5, 5.41) is 9.79. The van der Waals surface area contributed by atoms with Crippen molar-refractivity contribution in [1.82, 2.24) is 4.90 Å². The van der Waals surface area contributed by atoms with Gasteiger partial charge in [-0.1, -0.05) is 11.6 Å². The molecule has 0 bridgehead atoms. The van der Waals surface area contributed by atoms with E-state index in [1.54, 1.807) is 17.0 Å². The minimum Gasteiger partial charge on any atom is -0.493 e. The highest BCUT2D eigenvalue weighted by Crippen LogP contribution is 2.36. The van der Waals surface area contributed by atoms with E-state index in [-0.39, 0.29) is 5.91 Å². The van der Waals surface area contributed by atoms with Crippen LogP contribution in [0.3, 0.4) is 0 Å². The lowest BCUT2D eigenvalue weighted by Crippen LogP contribution is -2.29. The van der Waals surface area contributed by atoms with E-state index in [9.17, 15) is 9.90 Å². The SMILES string of the molecule is COc1cc(C(=O)N2CC[C@H](O)C2)cc(Cl)c1OC. The maximum Gasteiger partial charge on any atom is 0.254 e. The van der Waals surface area contributed by atoms with Crippen molar-refractivity contribution >= 4 is 17.5 Å². The maximum atomic E-state index is 12.3. The lowest BCUT2D eigenvalue weighted by molar-refractivity contribution is 0.0764. The number of nitrogens with zero attached hydrogens (tertiary/aromatic N) is 1. The number of benzene rings is 1. The van der Waals surface area contributed by atoms with Gasteiger partial charge in [0.1, 0.15) is 0 Å². The average molecular weight is 286 g/mol. The molecule has 1 saturated heterocycles. The summed E-state index contributed by atoms with van der Waals surface area (Å²) in [5.41, 5.74) is 0.428. The topological polar surface area (TPSA) is 59.0 Å². The molecule has 2 rings (SSSR count). The van der Waals surface area contributed by atoms with Gasteiger partial charge in [0.05, 0.1) is 25.3 Å². The maximum absolute atomic E-state index is 12.3. The second-order valence-electron chi connectivity index (χ2n) is 4.39. The van der Waals surface area contributed by atoms with Crippen molar-refractivity contribution in [2.45, 2.75) is 12.5 Å². The van der Waals surface area contributed by atoms with Crippen LogP contribution in [0.25, 0.3) is 0 Å². The standard InChI is InChI=1S/C13H16ClNO4/c1-18-11-6-8(5-10(14)12(11)19-2)13(17)15-4-3-9(16)7-15/h5-6,9,16H,3-4,7H2,1-2H3/t9-/m0/s1. The quantitative estimate of drug-likeness (QED) is 0.916. The zero-order valence-electron chi connectivity index (χ0n) is 10.9. The fourth-order valence-electron chi connectivity index (χ4n) is 2.15. The van der Waals surface area contributed by atoms with Gasteiger partial charge in [0.15, 0.2) is 11.5 Å². The Morgan fingerprint density at radius 2 is 2.16 bits per heavy atom. The Kier molecular flexibility index (Phi) is 4.17. The van der Waals surface area contributed by atoms with E-state index in [0.29, 0.717) is 41.6 Å². The Hall–Kier alpha value is -1.46. The number of rotatable bonds is 3. The van der Waals surface area contributed by atoms with E-state index < -0.39 is 6.10 Å². The van der Waals surface area contributed by atoms with Gasteiger partial charge in [0.2, 0.25) is 0 Å². The van der Waals surface area contributed by atoms with Gasteiger partial charge in [-0.15, -0.1) is 0 Å². The van der Waals surface area contributed by atoms with Gasteiger partial charge >= 0.3 is 0 Å². The molecule has 0 radical (unpaired) electrons. The summed E-state index contributed by atoms with van der Waals surface area (Å²) >= 11 is 6.07. The van der Waals surface area contributed by atoms with Crippen molar-refractivity contribution in [3.8, 4) is 11.5 Å². The largest absolute Gasteiger partial charge is 0.493 e. The van der Waals surface area contributed by atoms with Crippen LogP contribution in [0.15, 0.2) is 12.1 Å². The zero-order valence-corrected chi connectivity index (χ0v) is 11.6. The summed E-state index contributed by atoms with van der Waals surface area (Å²) in [7, 11) is 2.98. The summed E-state index contributed by atoms with van der Waals surface area (Å²) in [5.74, 6) is 0.652. The molecule has 1 atom stereocenters. The van der Waals surface area contributed by atoms with Crippen LogP contribution in [-0.4, -0.2) is 49.3 Å². The van der Waals surface area contributed by atoms with E-state index in [1.165, 1.54) is 14.2 Å². The third kappa shape index (κ3) is 2.77. The summed E-state index contributed by atoms with van der Waals surface area (Å²) in [4.78, 5) is 13.9. The van der Waals surface area contributed by atoms with Crippen LogP contribution in [0.1, 0.15) is 16.8 Å². The number of aliphatic hydroxyl groups excluding tert-OH is 1. The molecule has 0 saturated carbocycles. The average Bonchev–Trinajstić information content (AvgIpc) is 2.83. The van der Waals surface area contributed by atoms with Gasteiger partial charge in [-0.3, -0.25) is 4.79 Å². The number of hydrogen-bond acceptors (Lipinski definition) is 4. The van der Waals surface area contributed by atoms with Crippen LogP contribution in [0.4, 0.5) is 0 Å². The van der Waals surface area contributed by atoms with Crippen LogP contribution in [0.5, 0.6) is 11.5 Å². The number of ether oxygens (including phenoxy) is 2. The van der Waals surface area contributed by atoms with Crippen LogP contribution >= 0.6 is 11.6 Å². The number of β-amino-alcohol motifs (C(OH)–C–C–N with tert-alkyl or cyclic N) is 1.